The molecule has 6 rings (SSSR count). The molecule has 3 heterocycles. The van der Waals surface area contributed by atoms with Crippen LogP contribution in [0.25, 0.3) is 33.3 Å². The summed E-state index contributed by atoms with van der Waals surface area (Å²) in [4.78, 5) is 9.19. The van der Waals surface area contributed by atoms with Gasteiger partial charge in [0.05, 0.1) is 23.3 Å². The average molecular weight is 426 g/mol. The Morgan fingerprint density at radius 2 is 2.00 bits per heavy atom. The molecular formula is C26H24FN5. The number of hydrogen-bond donors (Lipinski definition) is 2. The molecule has 1 fully saturated rings. The van der Waals surface area contributed by atoms with E-state index in [-0.39, 0.29) is 5.82 Å². The van der Waals surface area contributed by atoms with Crippen LogP contribution in [-0.4, -0.2) is 25.8 Å². The number of fused-ring (bicyclic) bond motifs is 2. The van der Waals surface area contributed by atoms with Gasteiger partial charge in [-0.1, -0.05) is 30.7 Å². The summed E-state index contributed by atoms with van der Waals surface area (Å²) in [7, 11) is 0. The van der Waals surface area contributed by atoms with Crippen LogP contribution >= 0.6 is 0 Å². The Labute approximate surface area is 185 Å². The van der Waals surface area contributed by atoms with Gasteiger partial charge in [-0.3, -0.25) is 14.8 Å². The lowest BCUT2D eigenvalue weighted by atomic mass is 9.93. The van der Waals surface area contributed by atoms with Crippen LogP contribution in [0.1, 0.15) is 30.4 Å². The summed E-state index contributed by atoms with van der Waals surface area (Å²) in [6.45, 7) is 1.27. The first kappa shape index (κ1) is 19.2. The zero-order valence-electron chi connectivity index (χ0n) is 17.7. The summed E-state index contributed by atoms with van der Waals surface area (Å²) in [5.74, 6) is -0.182. The Kier molecular flexibility index (Phi) is 4.72. The molecule has 0 radical (unpaired) electrons. The summed E-state index contributed by atoms with van der Waals surface area (Å²) < 4.78 is 16.7. The molecule has 0 unspecified atom stereocenters. The second-order valence-electron chi connectivity index (χ2n) is 8.61. The normalized spacial score (nSPS) is 14.3. The molecule has 0 atom stereocenters. The monoisotopic (exact) mass is 425 g/mol. The Morgan fingerprint density at radius 1 is 1.06 bits per heavy atom. The summed E-state index contributed by atoms with van der Waals surface area (Å²) in [5, 5.41) is 7.88. The third-order valence-electron chi connectivity index (χ3n) is 6.43. The van der Waals surface area contributed by atoms with Crippen molar-refractivity contribution in [1.29, 1.82) is 0 Å². The zero-order chi connectivity index (χ0) is 21.5. The minimum Gasteiger partial charge on any atom is -0.310 e. The highest BCUT2D eigenvalue weighted by Crippen LogP contribution is 2.25. The first-order valence-corrected chi connectivity index (χ1v) is 11.1. The summed E-state index contributed by atoms with van der Waals surface area (Å²) in [6.07, 6.45) is 5.47. The quantitative estimate of drug-likeness (QED) is 0.382. The Balaban J connectivity index is 1.23. The van der Waals surface area contributed by atoms with E-state index in [0.717, 1.165) is 33.3 Å². The minimum absolute atomic E-state index is 0.182. The van der Waals surface area contributed by atoms with Crippen molar-refractivity contribution in [2.45, 2.75) is 38.4 Å². The smallest absolute Gasteiger partial charge is 0.173 e. The van der Waals surface area contributed by atoms with Crippen molar-refractivity contribution in [2.75, 3.05) is 0 Å². The second kappa shape index (κ2) is 7.88. The maximum atomic E-state index is 14.7. The highest BCUT2D eigenvalue weighted by atomic mass is 19.1. The van der Waals surface area contributed by atoms with Crippen molar-refractivity contribution < 1.29 is 4.39 Å². The van der Waals surface area contributed by atoms with Crippen LogP contribution in [-0.2, 0) is 13.1 Å². The predicted octanol–water partition coefficient (Wildman–Crippen LogP) is 5.41. The van der Waals surface area contributed by atoms with E-state index in [2.05, 4.69) is 33.6 Å². The van der Waals surface area contributed by atoms with Gasteiger partial charge in [-0.2, -0.15) is 0 Å². The van der Waals surface area contributed by atoms with Gasteiger partial charge < -0.3 is 5.32 Å². The van der Waals surface area contributed by atoms with E-state index >= 15 is 0 Å². The number of rotatable bonds is 6. The van der Waals surface area contributed by atoms with Crippen LogP contribution in [0.2, 0.25) is 0 Å². The van der Waals surface area contributed by atoms with E-state index in [4.69, 9.17) is 4.98 Å². The molecule has 6 heteroatoms. The molecule has 5 aromatic rings. The number of nitrogens with one attached hydrogen (secondary N) is 2. The molecule has 0 spiro atoms. The number of H-pyrrole nitrogens is 1. The standard InChI is InChI=1S/C26H24FN5/c27-22-14-19(7-8-20(22)15-29-21-4-1-5-21)24-10-11-25-26(30-24)32(31-25)16-17-6-9-23-18(13-17)3-2-12-28-23/h2-3,6-14,21,29,31H,1,4-5,15-16H2. The van der Waals surface area contributed by atoms with Gasteiger partial charge in [0.25, 0.3) is 0 Å². The van der Waals surface area contributed by atoms with Crippen LogP contribution in [0.4, 0.5) is 4.39 Å². The summed E-state index contributed by atoms with van der Waals surface area (Å²) >= 11 is 0. The maximum absolute atomic E-state index is 14.7. The third-order valence-corrected chi connectivity index (χ3v) is 6.43. The summed E-state index contributed by atoms with van der Waals surface area (Å²) in [6, 6.07) is 20.2. The third kappa shape index (κ3) is 3.56. The fourth-order valence-electron chi connectivity index (χ4n) is 4.28. The van der Waals surface area contributed by atoms with Gasteiger partial charge in [0.15, 0.2) is 5.65 Å². The van der Waals surface area contributed by atoms with E-state index < -0.39 is 0 Å². The topological polar surface area (TPSA) is 58.5 Å². The van der Waals surface area contributed by atoms with Gasteiger partial charge >= 0.3 is 0 Å². The van der Waals surface area contributed by atoms with Gasteiger partial charge in [-0.25, -0.2) is 9.37 Å². The first-order valence-electron chi connectivity index (χ1n) is 11.1. The van der Waals surface area contributed by atoms with Crippen LogP contribution in [0.15, 0.2) is 66.9 Å². The van der Waals surface area contributed by atoms with Crippen molar-refractivity contribution in [3.05, 3.63) is 83.8 Å². The molecule has 2 aromatic carbocycles. The second-order valence-corrected chi connectivity index (χ2v) is 8.61. The molecule has 1 aliphatic carbocycles. The molecule has 0 amide bonds. The lowest BCUT2D eigenvalue weighted by Gasteiger charge is -2.26. The lowest BCUT2D eigenvalue weighted by Crippen LogP contribution is -2.34. The van der Waals surface area contributed by atoms with Crippen LogP contribution < -0.4 is 5.32 Å². The molecular weight excluding hydrogens is 401 g/mol. The SMILES string of the molecule is Fc1cc(-c2ccc3[nH]n(Cc4ccc5ncccc5c4)c3n2)ccc1CNC1CCC1. The Bertz CT molecular complexity index is 1410. The highest BCUT2D eigenvalue weighted by molar-refractivity contribution is 5.79. The molecule has 0 bridgehead atoms. The molecule has 160 valence electrons. The molecule has 3 aromatic heterocycles. The number of nitrogens with zero attached hydrogens (tertiary/aromatic N) is 3. The molecule has 32 heavy (non-hydrogen) atoms. The fraction of sp³-hybridized carbons (Fsp3) is 0.231. The molecule has 1 saturated carbocycles. The van der Waals surface area contributed by atoms with E-state index in [1.54, 1.807) is 12.3 Å². The van der Waals surface area contributed by atoms with Crippen LogP contribution in [0, 0.1) is 5.82 Å². The number of aromatic amines is 1. The molecule has 0 aliphatic heterocycles. The lowest BCUT2D eigenvalue weighted by molar-refractivity contribution is 0.336. The van der Waals surface area contributed by atoms with Gasteiger partial charge in [0, 0.05) is 35.3 Å². The number of pyridine rings is 2. The van der Waals surface area contributed by atoms with Gasteiger partial charge in [0.2, 0.25) is 0 Å². The van der Waals surface area contributed by atoms with E-state index in [1.807, 2.05) is 41.1 Å². The Hall–Kier alpha value is -3.51. The fourth-order valence-corrected chi connectivity index (χ4v) is 4.28. The van der Waals surface area contributed by atoms with Crippen LogP contribution in [0.3, 0.4) is 0 Å². The largest absolute Gasteiger partial charge is 0.310 e. The summed E-state index contributed by atoms with van der Waals surface area (Å²) in [5.41, 5.74) is 6.30. The molecule has 5 nitrogen and oxygen atoms in total. The van der Waals surface area contributed by atoms with Crippen molar-refractivity contribution >= 4 is 22.1 Å². The minimum atomic E-state index is -0.182. The molecule has 0 saturated heterocycles. The Morgan fingerprint density at radius 3 is 2.84 bits per heavy atom. The average Bonchev–Trinajstić information content (AvgIpc) is 2.77. The van der Waals surface area contributed by atoms with Gasteiger partial charge in [-0.05, 0) is 54.8 Å². The van der Waals surface area contributed by atoms with Crippen molar-refractivity contribution in [3.8, 4) is 11.3 Å². The molecule has 1 aliphatic rings. The van der Waals surface area contributed by atoms with Crippen molar-refractivity contribution in [3.63, 3.8) is 0 Å². The van der Waals surface area contributed by atoms with E-state index in [9.17, 15) is 4.39 Å². The zero-order valence-corrected chi connectivity index (χ0v) is 17.7. The van der Waals surface area contributed by atoms with Crippen molar-refractivity contribution in [2.24, 2.45) is 0 Å². The number of aromatic nitrogens is 4. The van der Waals surface area contributed by atoms with Gasteiger partial charge in [0.1, 0.15) is 5.82 Å². The maximum Gasteiger partial charge on any atom is 0.173 e. The number of halogens is 1. The number of benzene rings is 2. The van der Waals surface area contributed by atoms with E-state index in [1.165, 1.54) is 24.8 Å². The molecule has 2 N–H and O–H groups in total. The van der Waals surface area contributed by atoms with Crippen LogP contribution in [0.5, 0.6) is 0 Å². The number of hydrogen-bond acceptors (Lipinski definition) is 3. The first-order chi connectivity index (χ1) is 15.7. The highest BCUT2D eigenvalue weighted by Gasteiger charge is 2.17. The van der Waals surface area contributed by atoms with Gasteiger partial charge in [-0.15, -0.1) is 0 Å². The van der Waals surface area contributed by atoms with E-state index in [0.29, 0.717) is 24.7 Å². The predicted molar refractivity (Wildman–Crippen MR) is 125 cm³/mol. The van der Waals surface area contributed by atoms with Crippen molar-refractivity contribution in [1.82, 2.24) is 25.1 Å².